The molecule has 0 saturated carbocycles. The molecule has 0 aliphatic rings. The SMILES string of the molecule is CC(C)C(O)CONC(=O)c1cccc(F)c1Nc1ccc(I)cc1F. The number of hydrogen-bond acceptors (Lipinski definition) is 4. The fraction of sp³-hybridized carbons (Fsp3) is 0.278. The highest BCUT2D eigenvalue weighted by Gasteiger charge is 2.18. The van der Waals surface area contributed by atoms with Gasteiger partial charge in [-0.3, -0.25) is 9.63 Å². The van der Waals surface area contributed by atoms with E-state index in [1.807, 2.05) is 22.6 Å². The Morgan fingerprint density at radius 3 is 2.62 bits per heavy atom. The van der Waals surface area contributed by atoms with E-state index in [4.69, 9.17) is 4.84 Å². The van der Waals surface area contributed by atoms with Crippen LogP contribution in [0.15, 0.2) is 36.4 Å². The van der Waals surface area contributed by atoms with Crippen molar-refractivity contribution in [1.29, 1.82) is 0 Å². The maximum Gasteiger partial charge on any atom is 0.277 e. The van der Waals surface area contributed by atoms with E-state index in [0.717, 1.165) is 6.07 Å². The fourth-order valence-electron chi connectivity index (χ4n) is 2.01. The number of halogens is 3. The molecule has 0 radical (unpaired) electrons. The molecule has 0 bridgehead atoms. The molecule has 26 heavy (non-hydrogen) atoms. The number of amides is 1. The van der Waals surface area contributed by atoms with Crippen LogP contribution in [-0.4, -0.2) is 23.7 Å². The van der Waals surface area contributed by atoms with Crippen LogP contribution in [0.3, 0.4) is 0 Å². The predicted octanol–water partition coefficient (Wildman–Crippen LogP) is 3.99. The normalized spacial score (nSPS) is 12.1. The third kappa shape index (κ3) is 5.36. The minimum absolute atomic E-state index is 0.0397. The topological polar surface area (TPSA) is 70.6 Å². The average Bonchev–Trinajstić information content (AvgIpc) is 2.58. The van der Waals surface area contributed by atoms with Gasteiger partial charge in [0.05, 0.1) is 23.0 Å². The van der Waals surface area contributed by atoms with Crippen molar-refractivity contribution in [2.45, 2.75) is 20.0 Å². The minimum atomic E-state index is -0.749. The molecule has 5 nitrogen and oxygen atoms in total. The number of carbonyl (C=O) groups is 1. The summed E-state index contributed by atoms with van der Waals surface area (Å²) >= 11 is 1.96. The molecule has 0 saturated heterocycles. The van der Waals surface area contributed by atoms with Crippen LogP contribution in [0.4, 0.5) is 20.2 Å². The van der Waals surface area contributed by atoms with E-state index in [1.54, 1.807) is 19.9 Å². The molecule has 0 aliphatic carbocycles. The molecule has 1 amide bonds. The number of para-hydroxylation sites is 1. The van der Waals surface area contributed by atoms with Crippen molar-refractivity contribution < 1.29 is 23.5 Å². The molecule has 0 aromatic heterocycles. The third-order valence-corrected chi connectivity index (χ3v) is 4.31. The van der Waals surface area contributed by atoms with E-state index in [0.29, 0.717) is 3.57 Å². The molecule has 1 unspecified atom stereocenters. The summed E-state index contributed by atoms with van der Waals surface area (Å²) in [5.41, 5.74) is 1.98. The third-order valence-electron chi connectivity index (χ3n) is 3.64. The second-order valence-electron chi connectivity index (χ2n) is 5.97. The van der Waals surface area contributed by atoms with Crippen molar-refractivity contribution in [2.24, 2.45) is 5.92 Å². The van der Waals surface area contributed by atoms with Crippen molar-refractivity contribution in [2.75, 3.05) is 11.9 Å². The second-order valence-corrected chi connectivity index (χ2v) is 7.21. The number of hydroxylamine groups is 1. The monoisotopic (exact) mass is 476 g/mol. The van der Waals surface area contributed by atoms with Crippen LogP contribution in [-0.2, 0) is 4.84 Å². The quantitative estimate of drug-likeness (QED) is 0.418. The van der Waals surface area contributed by atoms with E-state index in [-0.39, 0.29) is 29.5 Å². The number of aliphatic hydroxyl groups excluding tert-OH is 1. The minimum Gasteiger partial charge on any atom is -0.390 e. The highest BCUT2D eigenvalue weighted by atomic mass is 127. The van der Waals surface area contributed by atoms with Crippen LogP contribution in [0.25, 0.3) is 0 Å². The van der Waals surface area contributed by atoms with Crippen LogP contribution in [0, 0.1) is 21.1 Å². The lowest BCUT2D eigenvalue weighted by molar-refractivity contribution is -0.0268. The molecule has 8 heteroatoms. The maximum atomic E-state index is 14.2. The lowest BCUT2D eigenvalue weighted by atomic mass is 10.1. The van der Waals surface area contributed by atoms with E-state index in [2.05, 4.69) is 10.8 Å². The van der Waals surface area contributed by atoms with E-state index in [9.17, 15) is 18.7 Å². The Hall–Kier alpha value is -1.78. The Morgan fingerprint density at radius 1 is 1.23 bits per heavy atom. The highest BCUT2D eigenvalue weighted by Crippen LogP contribution is 2.27. The standard InChI is InChI=1S/C18H19F2IN2O3/c1-10(2)16(24)9-26-23-18(25)12-4-3-5-13(19)17(12)22-15-7-6-11(21)8-14(15)20/h3-8,10,16,22,24H,9H2,1-2H3,(H,23,25). The first kappa shape index (κ1) is 20.5. The van der Waals surface area contributed by atoms with Crippen molar-refractivity contribution in [3.8, 4) is 0 Å². The van der Waals surface area contributed by atoms with Crippen molar-refractivity contribution in [3.05, 3.63) is 57.2 Å². The van der Waals surface area contributed by atoms with Gasteiger partial charge in [-0.15, -0.1) is 0 Å². The van der Waals surface area contributed by atoms with Gasteiger partial charge in [0.1, 0.15) is 18.2 Å². The molecule has 140 valence electrons. The number of hydrogen-bond donors (Lipinski definition) is 3. The first-order valence-electron chi connectivity index (χ1n) is 7.90. The lowest BCUT2D eigenvalue weighted by Gasteiger charge is -2.16. The number of nitrogens with one attached hydrogen (secondary N) is 2. The molecule has 0 heterocycles. The molecular weight excluding hydrogens is 457 g/mol. The number of rotatable bonds is 7. The van der Waals surface area contributed by atoms with E-state index in [1.165, 1.54) is 24.3 Å². The molecule has 2 rings (SSSR count). The summed E-state index contributed by atoms with van der Waals surface area (Å²) in [6, 6.07) is 8.31. The average molecular weight is 476 g/mol. The highest BCUT2D eigenvalue weighted by molar-refractivity contribution is 14.1. The second kappa shape index (κ2) is 9.24. The lowest BCUT2D eigenvalue weighted by Crippen LogP contribution is -2.31. The first-order valence-corrected chi connectivity index (χ1v) is 8.98. The summed E-state index contributed by atoms with van der Waals surface area (Å²) in [5, 5.41) is 12.3. The van der Waals surface area contributed by atoms with Gasteiger partial charge in [-0.05, 0) is 58.8 Å². The van der Waals surface area contributed by atoms with Crippen LogP contribution in [0.2, 0.25) is 0 Å². The number of aliphatic hydroxyl groups is 1. The van der Waals surface area contributed by atoms with Gasteiger partial charge in [0.25, 0.3) is 5.91 Å². The van der Waals surface area contributed by atoms with Gasteiger partial charge >= 0.3 is 0 Å². The Balaban J connectivity index is 2.16. The van der Waals surface area contributed by atoms with Gasteiger partial charge in [0, 0.05) is 3.57 Å². The number of benzene rings is 2. The van der Waals surface area contributed by atoms with Gasteiger partial charge < -0.3 is 10.4 Å². The molecular formula is C18H19F2IN2O3. The zero-order valence-corrected chi connectivity index (χ0v) is 16.4. The Morgan fingerprint density at radius 2 is 1.96 bits per heavy atom. The Bertz CT molecular complexity index is 787. The maximum absolute atomic E-state index is 14.2. The molecule has 2 aromatic carbocycles. The van der Waals surface area contributed by atoms with Gasteiger partial charge in [-0.25, -0.2) is 14.3 Å². The predicted molar refractivity (Wildman–Crippen MR) is 103 cm³/mol. The van der Waals surface area contributed by atoms with Crippen LogP contribution in [0.5, 0.6) is 0 Å². The largest absolute Gasteiger partial charge is 0.390 e. The first-order chi connectivity index (χ1) is 12.3. The van der Waals surface area contributed by atoms with Gasteiger partial charge in [0.2, 0.25) is 0 Å². The molecule has 2 aromatic rings. The Labute approximate surface area is 163 Å². The molecule has 1 atom stereocenters. The van der Waals surface area contributed by atoms with Crippen molar-refractivity contribution in [3.63, 3.8) is 0 Å². The van der Waals surface area contributed by atoms with Gasteiger partial charge in [0.15, 0.2) is 0 Å². The summed E-state index contributed by atoms with van der Waals surface area (Å²) in [7, 11) is 0. The van der Waals surface area contributed by atoms with Crippen LogP contribution < -0.4 is 10.8 Å². The molecule has 0 fully saturated rings. The summed E-state index contributed by atoms with van der Waals surface area (Å²) in [6.07, 6.45) is -0.749. The summed E-state index contributed by atoms with van der Waals surface area (Å²) in [5.74, 6) is -2.03. The summed E-state index contributed by atoms with van der Waals surface area (Å²) < 4.78 is 28.9. The van der Waals surface area contributed by atoms with Crippen molar-refractivity contribution >= 4 is 39.9 Å². The van der Waals surface area contributed by atoms with E-state index < -0.39 is 23.6 Å². The van der Waals surface area contributed by atoms with Crippen LogP contribution >= 0.6 is 22.6 Å². The zero-order valence-electron chi connectivity index (χ0n) is 14.2. The summed E-state index contributed by atoms with van der Waals surface area (Å²) in [6.45, 7) is 3.51. The van der Waals surface area contributed by atoms with Crippen LogP contribution in [0.1, 0.15) is 24.2 Å². The smallest absolute Gasteiger partial charge is 0.277 e. The van der Waals surface area contributed by atoms with E-state index >= 15 is 0 Å². The number of anilines is 2. The fourth-order valence-corrected chi connectivity index (χ4v) is 2.46. The number of carbonyl (C=O) groups excluding carboxylic acids is 1. The van der Waals surface area contributed by atoms with Gasteiger partial charge in [-0.1, -0.05) is 19.9 Å². The molecule has 3 N–H and O–H groups in total. The molecule has 0 aliphatic heterocycles. The zero-order chi connectivity index (χ0) is 19.3. The van der Waals surface area contributed by atoms with Crippen molar-refractivity contribution in [1.82, 2.24) is 5.48 Å². The summed E-state index contributed by atoms with van der Waals surface area (Å²) in [4.78, 5) is 17.3. The Kier molecular flexibility index (Phi) is 7.30. The van der Waals surface area contributed by atoms with Gasteiger partial charge in [-0.2, -0.15) is 0 Å². The molecule has 0 spiro atoms.